The summed E-state index contributed by atoms with van der Waals surface area (Å²) >= 11 is 0. The van der Waals surface area contributed by atoms with Gasteiger partial charge in [0.25, 0.3) is 0 Å². The molecule has 0 amide bonds. The fraction of sp³-hybridized carbons (Fsp3) is 0.269. The van der Waals surface area contributed by atoms with Crippen molar-refractivity contribution in [3.05, 3.63) is 83.3 Å². The van der Waals surface area contributed by atoms with Crippen LogP contribution in [0.15, 0.2) is 55.0 Å². The lowest BCUT2D eigenvalue weighted by molar-refractivity contribution is 0.0663. The molecule has 2 aromatic carbocycles. The number of nitrogens with one attached hydrogen (secondary N) is 3. The predicted molar refractivity (Wildman–Crippen MR) is 126 cm³/mol. The number of para-hydroxylation sites is 1. The van der Waals surface area contributed by atoms with Crippen molar-refractivity contribution in [1.82, 2.24) is 15.3 Å². The number of nitrogens with zero attached hydrogens (tertiary/aromatic N) is 1. The maximum atomic E-state index is 16.2. The van der Waals surface area contributed by atoms with Crippen molar-refractivity contribution in [3.8, 4) is 11.1 Å². The van der Waals surface area contributed by atoms with Crippen molar-refractivity contribution < 1.29 is 13.9 Å². The van der Waals surface area contributed by atoms with Gasteiger partial charge in [-0.15, -0.1) is 0 Å². The van der Waals surface area contributed by atoms with Crippen molar-refractivity contribution >= 4 is 16.6 Å². The van der Waals surface area contributed by atoms with Gasteiger partial charge in [-0.1, -0.05) is 24.3 Å². The Morgan fingerprint density at radius 1 is 1.18 bits per heavy atom. The van der Waals surface area contributed by atoms with Crippen LogP contribution in [0.5, 0.6) is 0 Å². The fourth-order valence-corrected chi connectivity index (χ4v) is 4.73. The molecule has 0 radical (unpaired) electrons. The van der Waals surface area contributed by atoms with Crippen molar-refractivity contribution in [3.63, 3.8) is 0 Å². The van der Waals surface area contributed by atoms with Crippen LogP contribution in [0.4, 0.5) is 14.5 Å². The number of H-pyrrole nitrogens is 1. The first kappa shape index (κ1) is 21.6. The molecule has 2 unspecified atom stereocenters. The minimum absolute atomic E-state index is 0.108. The molecular weight excluding hydrogens is 422 g/mol. The monoisotopic (exact) mass is 448 g/mol. The van der Waals surface area contributed by atoms with Crippen LogP contribution in [0.1, 0.15) is 36.6 Å². The van der Waals surface area contributed by atoms with E-state index < -0.39 is 29.3 Å². The number of fused-ring (bicyclic) bond motifs is 2. The van der Waals surface area contributed by atoms with Crippen LogP contribution in [-0.4, -0.2) is 26.7 Å². The lowest BCUT2D eigenvalue weighted by Gasteiger charge is -2.44. The zero-order chi connectivity index (χ0) is 23.3. The summed E-state index contributed by atoms with van der Waals surface area (Å²) in [6.07, 6.45) is 4.26. The van der Waals surface area contributed by atoms with Crippen LogP contribution in [-0.2, 0) is 6.54 Å². The second-order valence-corrected chi connectivity index (χ2v) is 9.22. The SMILES string of the molecule is Cc1c[nH]c2c(-c3c(F)cc4c(c3F)C(NCc3cccnc3)C(O)C(C)(C)N4)cccc12. The van der Waals surface area contributed by atoms with Gasteiger partial charge < -0.3 is 20.7 Å². The summed E-state index contributed by atoms with van der Waals surface area (Å²) in [7, 11) is 0. The lowest BCUT2D eigenvalue weighted by atomic mass is 9.81. The van der Waals surface area contributed by atoms with Crippen LogP contribution in [0.3, 0.4) is 0 Å². The molecule has 4 aromatic rings. The topological polar surface area (TPSA) is 73.0 Å². The van der Waals surface area contributed by atoms with E-state index in [-0.39, 0.29) is 11.1 Å². The molecule has 3 heterocycles. The summed E-state index contributed by atoms with van der Waals surface area (Å²) in [5, 5.41) is 18.5. The first-order valence-electron chi connectivity index (χ1n) is 11.0. The number of aromatic nitrogens is 2. The first-order valence-corrected chi connectivity index (χ1v) is 11.0. The minimum Gasteiger partial charge on any atom is -0.389 e. The number of halogens is 2. The van der Waals surface area contributed by atoms with Crippen molar-refractivity contribution in [2.75, 3.05) is 5.32 Å². The van der Waals surface area contributed by atoms with Crippen LogP contribution in [0.2, 0.25) is 0 Å². The summed E-state index contributed by atoms with van der Waals surface area (Å²) in [4.78, 5) is 7.26. The first-order chi connectivity index (χ1) is 15.8. The van der Waals surface area contributed by atoms with Crippen LogP contribution < -0.4 is 10.6 Å². The molecule has 33 heavy (non-hydrogen) atoms. The highest BCUT2D eigenvalue weighted by Crippen LogP contribution is 2.44. The molecule has 0 saturated heterocycles. The lowest BCUT2D eigenvalue weighted by Crippen LogP contribution is -2.54. The van der Waals surface area contributed by atoms with E-state index in [1.54, 1.807) is 24.5 Å². The Morgan fingerprint density at radius 3 is 2.76 bits per heavy atom. The smallest absolute Gasteiger partial charge is 0.140 e. The number of aliphatic hydroxyl groups is 1. The quantitative estimate of drug-likeness (QED) is 0.346. The van der Waals surface area contributed by atoms with Gasteiger partial charge in [-0.05, 0) is 44.0 Å². The second kappa shape index (κ2) is 7.93. The Hall–Kier alpha value is -3.29. The molecule has 5 nitrogen and oxygen atoms in total. The highest BCUT2D eigenvalue weighted by atomic mass is 19.1. The zero-order valence-corrected chi connectivity index (χ0v) is 18.7. The fourth-order valence-electron chi connectivity index (χ4n) is 4.73. The maximum Gasteiger partial charge on any atom is 0.140 e. The third-order valence-electron chi connectivity index (χ3n) is 6.52. The molecule has 2 atom stereocenters. The van der Waals surface area contributed by atoms with E-state index in [0.29, 0.717) is 23.3 Å². The van der Waals surface area contributed by atoms with Gasteiger partial charge in [0.05, 0.1) is 28.8 Å². The van der Waals surface area contributed by atoms with Crippen molar-refractivity contribution in [2.45, 2.75) is 45.0 Å². The Kier molecular flexibility index (Phi) is 5.18. The standard InChI is InChI=1S/C26H26F2N4O/c1-14-11-30-23-16(14)7-4-8-17(23)20-18(27)10-19-21(22(20)28)24(25(33)26(2,3)32-19)31-13-15-6-5-9-29-12-15/h4-12,24-25,30-33H,13H2,1-3H3. The van der Waals surface area contributed by atoms with Gasteiger partial charge >= 0.3 is 0 Å². The molecule has 170 valence electrons. The number of hydrogen-bond acceptors (Lipinski definition) is 4. The summed E-state index contributed by atoms with van der Waals surface area (Å²) in [5.41, 5.74) is 2.68. The van der Waals surface area contributed by atoms with E-state index in [4.69, 9.17) is 0 Å². The van der Waals surface area contributed by atoms with Gasteiger partial charge in [-0.2, -0.15) is 0 Å². The number of hydrogen-bond donors (Lipinski definition) is 4. The molecule has 0 spiro atoms. The number of pyridine rings is 1. The number of aryl methyl sites for hydroxylation is 1. The van der Waals surface area contributed by atoms with Gasteiger partial charge in [-0.3, -0.25) is 4.98 Å². The Morgan fingerprint density at radius 2 is 2.00 bits per heavy atom. The molecule has 5 rings (SSSR count). The predicted octanol–water partition coefficient (Wildman–Crippen LogP) is 5.21. The van der Waals surface area contributed by atoms with Crippen molar-refractivity contribution in [1.29, 1.82) is 0 Å². The van der Waals surface area contributed by atoms with Gasteiger partial charge in [0.1, 0.15) is 11.6 Å². The Balaban J connectivity index is 1.66. The highest BCUT2D eigenvalue weighted by molar-refractivity contribution is 5.96. The summed E-state index contributed by atoms with van der Waals surface area (Å²) < 4.78 is 31.6. The number of aliphatic hydroxyl groups excluding tert-OH is 1. The molecule has 0 fully saturated rings. The summed E-state index contributed by atoms with van der Waals surface area (Å²) in [5.74, 6) is -1.34. The third-order valence-corrected chi connectivity index (χ3v) is 6.52. The van der Waals surface area contributed by atoms with Crippen LogP contribution in [0.25, 0.3) is 22.0 Å². The molecule has 2 aromatic heterocycles. The van der Waals surface area contributed by atoms with Crippen molar-refractivity contribution in [2.24, 2.45) is 0 Å². The number of anilines is 1. The van der Waals surface area contributed by atoms with Gasteiger partial charge in [0.2, 0.25) is 0 Å². The molecule has 1 aliphatic heterocycles. The summed E-state index contributed by atoms with van der Waals surface area (Å²) in [6, 6.07) is 9.73. The zero-order valence-electron chi connectivity index (χ0n) is 18.7. The molecule has 1 aliphatic rings. The number of rotatable bonds is 4. The van der Waals surface area contributed by atoms with E-state index in [9.17, 15) is 5.11 Å². The van der Waals surface area contributed by atoms with E-state index in [1.165, 1.54) is 6.07 Å². The molecule has 0 aliphatic carbocycles. The van der Waals surface area contributed by atoms with E-state index >= 15 is 8.78 Å². The normalized spacial score (nSPS) is 19.3. The molecular formula is C26H26F2N4O. The molecule has 7 heteroatoms. The Labute approximate surface area is 190 Å². The van der Waals surface area contributed by atoms with E-state index in [1.807, 2.05) is 45.2 Å². The molecule has 0 bridgehead atoms. The Bertz CT molecular complexity index is 1330. The molecule has 4 N–H and O–H groups in total. The van der Waals surface area contributed by atoms with Gasteiger partial charge in [0.15, 0.2) is 0 Å². The largest absolute Gasteiger partial charge is 0.389 e. The van der Waals surface area contributed by atoms with Gasteiger partial charge in [0, 0.05) is 47.3 Å². The second-order valence-electron chi connectivity index (χ2n) is 9.22. The van der Waals surface area contributed by atoms with Crippen LogP contribution in [0, 0.1) is 18.6 Å². The average molecular weight is 449 g/mol. The van der Waals surface area contributed by atoms with Gasteiger partial charge in [-0.25, -0.2) is 8.78 Å². The average Bonchev–Trinajstić information content (AvgIpc) is 3.16. The highest BCUT2D eigenvalue weighted by Gasteiger charge is 2.43. The minimum atomic E-state index is -0.960. The summed E-state index contributed by atoms with van der Waals surface area (Å²) in [6.45, 7) is 5.95. The number of aromatic amines is 1. The van der Waals surface area contributed by atoms with E-state index in [0.717, 1.165) is 16.5 Å². The number of benzene rings is 2. The third kappa shape index (κ3) is 3.57. The van der Waals surface area contributed by atoms with Crippen LogP contribution >= 0.6 is 0 Å². The molecule has 0 saturated carbocycles. The maximum absolute atomic E-state index is 16.2. The van der Waals surface area contributed by atoms with E-state index in [2.05, 4.69) is 20.6 Å².